The molecule has 0 aliphatic carbocycles. The lowest BCUT2D eigenvalue weighted by Crippen LogP contribution is -2.33. The fraction of sp³-hybridized carbons (Fsp3) is 0.423. The van der Waals surface area contributed by atoms with Crippen LogP contribution in [0.15, 0.2) is 53.5 Å². The Morgan fingerprint density at radius 3 is 2.50 bits per heavy atom. The molecule has 0 saturated carbocycles. The fourth-order valence-electron chi connectivity index (χ4n) is 3.36. The van der Waals surface area contributed by atoms with Crippen LogP contribution in [0.2, 0.25) is 0 Å². The molecule has 0 amide bonds. The summed E-state index contributed by atoms with van der Waals surface area (Å²) in [6, 6.07) is 12.8. The van der Waals surface area contributed by atoms with Gasteiger partial charge in [0.05, 0.1) is 31.9 Å². The minimum Gasteiger partial charge on any atom is -0.436 e. The lowest BCUT2D eigenvalue weighted by molar-refractivity contribution is -0.107. The van der Waals surface area contributed by atoms with Crippen LogP contribution in [0.1, 0.15) is 26.5 Å². The Bertz CT molecular complexity index is 1340. The lowest BCUT2D eigenvalue weighted by Gasteiger charge is -2.22. The molecule has 1 aliphatic heterocycles. The number of hydrogen-bond acceptors (Lipinski definition) is 9. The largest absolute Gasteiger partial charge is 0.436 e. The molecule has 3 N–H and O–H groups in total. The predicted molar refractivity (Wildman–Crippen MR) is 147 cm³/mol. The number of carbonyl (C=O) groups is 1. The van der Waals surface area contributed by atoms with Crippen molar-refractivity contribution in [1.29, 1.82) is 0 Å². The Kier molecular flexibility index (Phi) is 14.2. The summed E-state index contributed by atoms with van der Waals surface area (Å²) < 4.78 is 84.1. The highest BCUT2D eigenvalue weighted by Crippen LogP contribution is 2.43. The third-order valence-corrected chi connectivity index (χ3v) is 6.71. The zero-order valence-corrected chi connectivity index (χ0v) is 23.9. The molecule has 3 aromatic rings. The van der Waals surface area contributed by atoms with Crippen molar-refractivity contribution >= 4 is 31.4 Å². The highest BCUT2D eigenvalue weighted by atomic mass is 31.2. The van der Waals surface area contributed by atoms with Gasteiger partial charge in [0.15, 0.2) is 11.6 Å². The summed E-state index contributed by atoms with van der Waals surface area (Å²) in [6.07, 6.45) is -2.47. The molecule has 1 aromatic heterocycles. The van der Waals surface area contributed by atoms with Crippen LogP contribution in [0.5, 0.6) is 5.75 Å². The standard InChI is InChI=1S/C21H20F3N4O5P.C4H10O.CH2F2/c22-16-11-28(20(30)27-19(16)25)18-10-21(23,24)17(32-18)12-31-34(26-7-8-29)33-15-6-5-13-3-1-2-4-14(13)9-15;1-4(2)5-3;2-1-3/h1-6,8-9,11,17-18,26H,7,10,12H2,(H2,25,27,30);4H,1-3H3;1H2. The molecular weight excluding hydrogens is 590 g/mol. The molecule has 1 fully saturated rings. The van der Waals surface area contributed by atoms with E-state index in [1.54, 1.807) is 19.2 Å². The number of alkyl halides is 4. The Morgan fingerprint density at radius 1 is 1.24 bits per heavy atom. The Labute approximate surface area is 239 Å². The molecule has 0 bridgehead atoms. The Balaban J connectivity index is 0.000000686. The van der Waals surface area contributed by atoms with E-state index in [0.717, 1.165) is 10.8 Å². The van der Waals surface area contributed by atoms with Crippen molar-refractivity contribution in [3.05, 3.63) is 65.0 Å². The first-order valence-electron chi connectivity index (χ1n) is 12.4. The van der Waals surface area contributed by atoms with E-state index in [1.807, 2.05) is 44.2 Å². The molecule has 232 valence electrons. The summed E-state index contributed by atoms with van der Waals surface area (Å²) in [5, 5.41) is 4.58. The fourth-order valence-corrected chi connectivity index (χ4v) is 4.37. The minimum absolute atomic E-state index is 0.129. The van der Waals surface area contributed by atoms with Crippen LogP contribution in [-0.2, 0) is 18.8 Å². The normalized spacial score (nSPS) is 18.0. The number of nitrogens with zero attached hydrogens (tertiary/aromatic N) is 2. The molecular formula is C26H32F5N4O6P. The third kappa shape index (κ3) is 10.6. The van der Waals surface area contributed by atoms with Crippen molar-refractivity contribution in [2.24, 2.45) is 0 Å². The smallest absolute Gasteiger partial charge is 0.351 e. The van der Waals surface area contributed by atoms with E-state index >= 15 is 0 Å². The van der Waals surface area contributed by atoms with Crippen molar-refractivity contribution in [3.8, 4) is 5.75 Å². The molecule has 10 nitrogen and oxygen atoms in total. The second-order valence-corrected chi connectivity index (χ2v) is 10.0. The molecule has 2 aromatic carbocycles. The van der Waals surface area contributed by atoms with E-state index in [9.17, 15) is 31.5 Å². The number of carbonyl (C=O) groups excluding carboxylic acids is 1. The van der Waals surface area contributed by atoms with Crippen molar-refractivity contribution < 1.29 is 45.3 Å². The SMILES string of the molecule is COC(C)C.FCF.Nc1nc(=O)n(C2CC(F)(F)C(COP(NCC=O)Oc3ccc4ccccc4c3)O2)cc1F. The maximum atomic E-state index is 14.6. The lowest BCUT2D eigenvalue weighted by atomic mass is 10.1. The number of nitrogens with one attached hydrogen (secondary N) is 1. The first kappa shape index (κ1) is 35.0. The number of ether oxygens (including phenoxy) is 2. The number of nitrogens with two attached hydrogens (primary N) is 1. The van der Waals surface area contributed by atoms with Crippen LogP contribution in [-0.4, -0.2) is 61.2 Å². The molecule has 1 aliphatic rings. The summed E-state index contributed by atoms with van der Waals surface area (Å²) in [6.45, 7) is 1.50. The van der Waals surface area contributed by atoms with Crippen LogP contribution in [0.25, 0.3) is 10.8 Å². The maximum absolute atomic E-state index is 14.6. The van der Waals surface area contributed by atoms with Gasteiger partial charge in [-0.05, 0) is 36.8 Å². The zero-order valence-electron chi connectivity index (χ0n) is 23.0. The van der Waals surface area contributed by atoms with Crippen molar-refractivity contribution in [3.63, 3.8) is 0 Å². The van der Waals surface area contributed by atoms with Gasteiger partial charge >= 0.3 is 14.2 Å². The molecule has 42 heavy (non-hydrogen) atoms. The van der Waals surface area contributed by atoms with E-state index in [-0.39, 0.29) is 6.54 Å². The van der Waals surface area contributed by atoms with Gasteiger partial charge < -0.3 is 29.0 Å². The quantitative estimate of drug-likeness (QED) is 0.181. The van der Waals surface area contributed by atoms with Crippen LogP contribution in [0, 0.1) is 5.82 Å². The Morgan fingerprint density at radius 2 is 1.88 bits per heavy atom. The monoisotopic (exact) mass is 622 g/mol. The molecule has 1 saturated heterocycles. The number of aromatic nitrogens is 2. The molecule has 16 heteroatoms. The summed E-state index contributed by atoms with van der Waals surface area (Å²) in [7, 11) is -0.293. The van der Waals surface area contributed by atoms with Gasteiger partial charge in [0, 0.05) is 7.11 Å². The summed E-state index contributed by atoms with van der Waals surface area (Å²) in [4.78, 5) is 26.0. The van der Waals surface area contributed by atoms with Gasteiger partial charge in [-0.15, -0.1) is 0 Å². The first-order chi connectivity index (χ1) is 19.9. The predicted octanol–water partition coefficient (Wildman–Crippen LogP) is 5.08. The summed E-state index contributed by atoms with van der Waals surface area (Å²) in [5.41, 5.74) is 4.21. The summed E-state index contributed by atoms with van der Waals surface area (Å²) in [5.74, 6) is -4.65. The zero-order chi connectivity index (χ0) is 31.3. The van der Waals surface area contributed by atoms with Gasteiger partial charge in [-0.2, -0.15) is 4.98 Å². The van der Waals surface area contributed by atoms with Gasteiger partial charge in [0.2, 0.25) is 6.93 Å². The van der Waals surface area contributed by atoms with E-state index in [0.29, 0.717) is 28.9 Å². The minimum atomic E-state index is -3.39. The molecule has 4 rings (SSSR count). The number of methoxy groups -OCH3 is 1. The first-order valence-corrected chi connectivity index (χ1v) is 13.6. The molecule has 2 heterocycles. The van der Waals surface area contributed by atoms with Gasteiger partial charge in [-0.25, -0.2) is 31.8 Å². The average molecular weight is 623 g/mol. The average Bonchev–Trinajstić information content (AvgIpc) is 3.26. The van der Waals surface area contributed by atoms with E-state index in [4.69, 9.17) is 24.3 Å². The second kappa shape index (κ2) is 17.0. The molecule has 3 atom stereocenters. The van der Waals surface area contributed by atoms with Crippen molar-refractivity contribution in [2.45, 2.75) is 44.6 Å². The number of rotatable bonds is 10. The van der Waals surface area contributed by atoms with Crippen LogP contribution >= 0.6 is 8.53 Å². The third-order valence-electron chi connectivity index (χ3n) is 5.51. The maximum Gasteiger partial charge on any atom is 0.351 e. The van der Waals surface area contributed by atoms with Gasteiger partial charge in [0.25, 0.3) is 5.92 Å². The number of hydrogen-bond donors (Lipinski definition) is 2. The number of anilines is 1. The topological polar surface area (TPSA) is 127 Å². The number of halogens is 5. The van der Waals surface area contributed by atoms with Gasteiger partial charge in [0.1, 0.15) is 24.4 Å². The highest BCUT2D eigenvalue weighted by Gasteiger charge is 2.51. The number of fused-ring (bicyclic) bond motifs is 1. The van der Waals surface area contributed by atoms with Crippen LogP contribution in [0.4, 0.5) is 27.8 Å². The van der Waals surface area contributed by atoms with Crippen molar-refractivity contribution in [1.82, 2.24) is 14.6 Å². The van der Waals surface area contributed by atoms with E-state index < -0.39 is 64.1 Å². The number of benzene rings is 2. The molecule has 0 spiro atoms. The number of aldehydes is 1. The van der Waals surface area contributed by atoms with E-state index in [2.05, 4.69) is 10.1 Å². The highest BCUT2D eigenvalue weighted by molar-refractivity contribution is 7.45. The van der Waals surface area contributed by atoms with Gasteiger partial charge in [-0.1, -0.05) is 30.3 Å². The Hall–Kier alpha value is -3.23. The van der Waals surface area contributed by atoms with Gasteiger partial charge in [-0.3, -0.25) is 4.57 Å². The molecule has 3 unspecified atom stereocenters. The van der Waals surface area contributed by atoms with E-state index in [1.165, 1.54) is 0 Å². The summed E-state index contributed by atoms with van der Waals surface area (Å²) >= 11 is 0. The van der Waals surface area contributed by atoms with Crippen molar-refractivity contribution in [2.75, 3.05) is 32.9 Å². The second-order valence-electron chi connectivity index (χ2n) is 8.78. The number of nitrogen functional groups attached to an aromatic ring is 1. The van der Waals surface area contributed by atoms with Crippen LogP contribution in [0.3, 0.4) is 0 Å². The van der Waals surface area contributed by atoms with Crippen LogP contribution < -0.4 is 21.0 Å². The molecule has 0 radical (unpaired) electrons.